The summed E-state index contributed by atoms with van der Waals surface area (Å²) in [5.74, 6) is 0.226. The Balaban J connectivity index is 1.62. The van der Waals surface area contributed by atoms with Crippen molar-refractivity contribution in [3.05, 3.63) is 71.0 Å². The van der Waals surface area contributed by atoms with Crippen molar-refractivity contribution in [1.29, 1.82) is 0 Å². The van der Waals surface area contributed by atoms with Gasteiger partial charge in [0.1, 0.15) is 11.3 Å². The highest BCUT2D eigenvalue weighted by molar-refractivity contribution is 6.11. The summed E-state index contributed by atoms with van der Waals surface area (Å²) in [7, 11) is 0. The molecule has 0 unspecified atom stereocenters. The van der Waals surface area contributed by atoms with E-state index in [2.05, 4.69) is 12.1 Å². The van der Waals surface area contributed by atoms with Gasteiger partial charge in [0.2, 0.25) is 0 Å². The number of carbonyl (C=O) groups excluding carboxylic acids is 1. The van der Waals surface area contributed by atoms with Crippen LogP contribution in [0, 0.1) is 0 Å². The van der Waals surface area contributed by atoms with Gasteiger partial charge in [-0.1, -0.05) is 24.3 Å². The molecule has 0 saturated heterocycles. The predicted molar refractivity (Wildman–Crippen MR) is 100 cm³/mol. The summed E-state index contributed by atoms with van der Waals surface area (Å²) in [5, 5.41) is 10.5. The molecule has 4 nitrogen and oxygen atoms in total. The maximum Gasteiger partial charge on any atom is 0.265 e. The van der Waals surface area contributed by atoms with Crippen LogP contribution in [-0.2, 0) is 6.42 Å². The highest BCUT2D eigenvalue weighted by Crippen LogP contribution is 2.46. The third kappa shape index (κ3) is 2.18. The summed E-state index contributed by atoms with van der Waals surface area (Å²) in [6.07, 6.45) is 7.71. The highest BCUT2D eigenvalue weighted by Gasteiger charge is 2.32. The van der Waals surface area contributed by atoms with Crippen LogP contribution >= 0.6 is 0 Å². The summed E-state index contributed by atoms with van der Waals surface area (Å²) in [4.78, 5) is 15.2. The van der Waals surface area contributed by atoms with Crippen LogP contribution in [0.3, 0.4) is 0 Å². The number of ether oxygens (including phenoxy) is 1. The molecule has 2 heterocycles. The Labute approximate surface area is 152 Å². The lowest BCUT2D eigenvalue weighted by molar-refractivity contribution is 0.0980. The molecule has 1 aliphatic carbocycles. The molecule has 0 bridgehead atoms. The molecule has 1 amide bonds. The van der Waals surface area contributed by atoms with Crippen LogP contribution < -0.4 is 9.64 Å². The number of benzene rings is 2. The third-order valence-corrected chi connectivity index (χ3v) is 5.42. The average Bonchev–Trinajstić information content (AvgIpc) is 3.16. The smallest absolute Gasteiger partial charge is 0.265 e. The van der Waals surface area contributed by atoms with Crippen molar-refractivity contribution in [3.8, 4) is 11.5 Å². The molecule has 2 aliphatic heterocycles. The zero-order valence-electron chi connectivity index (χ0n) is 14.4. The number of aromatic hydroxyl groups is 1. The summed E-state index contributed by atoms with van der Waals surface area (Å²) >= 11 is 0. The number of hydrogen-bond donors (Lipinski definition) is 1. The van der Waals surface area contributed by atoms with E-state index in [1.165, 1.54) is 0 Å². The first-order valence-electron chi connectivity index (χ1n) is 9.06. The zero-order valence-corrected chi connectivity index (χ0v) is 14.4. The summed E-state index contributed by atoms with van der Waals surface area (Å²) in [5.41, 5.74) is 5.52. The molecule has 0 fully saturated rings. The lowest BCUT2D eigenvalue weighted by Crippen LogP contribution is -2.35. The van der Waals surface area contributed by atoms with Gasteiger partial charge in [0.25, 0.3) is 5.91 Å². The van der Waals surface area contributed by atoms with Crippen LogP contribution in [0.5, 0.6) is 11.5 Å². The minimum absolute atomic E-state index is 0.0350. The first-order valence-corrected chi connectivity index (χ1v) is 9.06. The fourth-order valence-electron chi connectivity index (χ4n) is 4.17. The molecule has 3 aliphatic rings. The Morgan fingerprint density at radius 2 is 2.00 bits per heavy atom. The van der Waals surface area contributed by atoms with Gasteiger partial charge in [-0.3, -0.25) is 4.79 Å². The monoisotopic (exact) mass is 345 g/mol. The van der Waals surface area contributed by atoms with E-state index in [4.69, 9.17) is 4.74 Å². The maximum absolute atomic E-state index is 13.4. The van der Waals surface area contributed by atoms with Crippen molar-refractivity contribution >= 4 is 17.2 Å². The van der Waals surface area contributed by atoms with Gasteiger partial charge in [0.15, 0.2) is 5.75 Å². The Kier molecular flexibility index (Phi) is 3.38. The summed E-state index contributed by atoms with van der Waals surface area (Å²) < 4.78 is 5.84. The normalized spacial score (nSPS) is 17.5. The second-order valence-electron chi connectivity index (χ2n) is 6.94. The standard InChI is InChI=1S/C22H19NO3/c24-19-11-10-17-16-8-3-6-15(16)13-26-21(17)20(19)22(25)23-12-4-7-14-5-1-2-9-18(14)23/h1-2,5,8-11,13,24H,3-4,6-7,12H2. The van der Waals surface area contributed by atoms with Gasteiger partial charge in [-0.05, 0) is 60.6 Å². The number of anilines is 1. The molecule has 0 saturated carbocycles. The lowest BCUT2D eigenvalue weighted by Gasteiger charge is -2.31. The number of rotatable bonds is 1. The summed E-state index contributed by atoms with van der Waals surface area (Å²) in [6, 6.07) is 11.4. The number of nitrogens with zero attached hydrogens (tertiary/aromatic N) is 1. The molecule has 5 rings (SSSR count). The van der Waals surface area contributed by atoms with Crippen molar-refractivity contribution in [1.82, 2.24) is 0 Å². The Hall–Kier alpha value is -3.01. The number of fused-ring (bicyclic) bond motifs is 4. The van der Waals surface area contributed by atoms with Crippen molar-refractivity contribution in [2.24, 2.45) is 0 Å². The predicted octanol–water partition coefficient (Wildman–Crippen LogP) is 4.44. The molecule has 4 heteroatoms. The number of phenols is 1. The fourth-order valence-corrected chi connectivity index (χ4v) is 4.17. The van der Waals surface area contributed by atoms with E-state index in [1.807, 2.05) is 24.3 Å². The van der Waals surface area contributed by atoms with E-state index in [1.54, 1.807) is 17.2 Å². The fraction of sp³-hybridized carbons (Fsp3) is 0.227. The molecule has 0 aromatic heterocycles. The lowest BCUT2D eigenvalue weighted by atomic mass is 9.94. The Morgan fingerprint density at radius 3 is 2.92 bits per heavy atom. The average molecular weight is 345 g/mol. The van der Waals surface area contributed by atoms with Gasteiger partial charge >= 0.3 is 0 Å². The third-order valence-electron chi connectivity index (χ3n) is 5.42. The number of phenolic OH excluding ortho intramolecular Hbond substituents is 1. The molecule has 0 atom stereocenters. The molecule has 130 valence electrons. The van der Waals surface area contributed by atoms with Gasteiger partial charge in [0.05, 0.1) is 6.26 Å². The van der Waals surface area contributed by atoms with Crippen LogP contribution in [0.4, 0.5) is 5.69 Å². The number of aryl methyl sites for hydroxylation is 1. The second kappa shape index (κ2) is 5.77. The topological polar surface area (TPSA) is 49.8 Å². The van der Waals surface area contributed by atoms with Gasteiger partial charge in [-0.15, -0.1) is 0 Å². The van der Waals surface area contributed by atoms with Crippen molar-refractivity contribution in [3.63, 3.8) is 0 Å². The number of carbonyl (C=O) groups is 1. The molecule has 2 aromatic rings. The molecular weight excluding hydrogens is 326 g/mol. The highest BCUT2D eigenvalue weighted by atomic mass is 16.5. The van der Waals surface area contributed by atoms with E-state index >= 15 is 0 Å². The minimum Gasteiger partial charge on any atom is -0.507 e. The molecule has 0 radical (unpaired) electrons. The number of amides is 1. The number of allylic oxidation sites excluding steroid dienone is 3. The van der Waals surface area contributed by atoms with E-state index in [0.717, 1.165) is 53.6 Å². The SMILES string of the molecule is O=C(c1c(O)ccc2c1OC=C1CCC=C12)N1CCCc2ccccc21. The van der Waals surface area contributed by atoms with Crippen LogP contribution in [0.25, 0.3) is 5.57 Å². The van der Waals surface area contributed by atoms with Gasteiger partial charge in [-0.25, -0.2) is 0 Å². The van der Waals surface area contributed by atoms with E-state index in [0.29, 0.717) is 12.3 Å². The molecule has 26 heavy (non-hydrogen) atoms. The van der Waals surface area contributed by atoms with Crippen LogP contribution in [0.1, 0.15) is 40.7 Å². The van der Waals surface area contributed by atoms with Crippen LogP contribution in [0.2, 0.25) is 0 Å². The van der Waals surface area contributed by atoms with Crippen molar-refractivity contribution in [2.75, 3.05) is 11.4 Å². The first kappa shape index (κ1) is 15.3. The van der Waals surface area contributed by atoms with E-state index in [9.17, 15) is 9.90 Å². The van der Waals surface area contributed by atoms with Gasteiger partial charge in [-0.2, -0.15) is 0 Å². The van der Waals surface area contributed by atoms with Crippen molar-refractivity contribution < 1.29 is 14.6 Å². The van der Waals surface area contributed by atoms with Crippen LogP contribution in [-0.4, -0.2) is 17.6 Å². The number of hydrogen-bond acceptors (Lipinski definition) is 3. The maximum atomic E-state index is 13.4. The van der Waals surface area contributed by atoms with E-state index < -0.39 is 0 Å². The Morgan fingerprint density at radius 1 is 1.12 bits per heavy atom. The minimum atomic E-state index is -0.207. The van der Waals surface area contributed by atoms with E-state index in [-0.39, 0.29) is 17.2 Å². The molecule has 2 aromatic carbocycles. The Bertz CT molecular complexity index is 987. The van der Waals surface area contributed by atoms with Gasteiger partial charge in [0, 0.05) is 17.8 Å². The number of para-hydroxylation sites is 1. The second-order valence-corrected chi connectivity index (χ2v) is 6.94. The zero-order chi connectivity index (χ0) is 17.7. The first-order chi connectivity index (χ1) is 12.7. The van der Waals surface area contributed by atoms with Crippen LogP contribution in [0.15, 0.2) is 54.3 Å². The van der Waals surface area contributed by atoms with Gasteiger partial charge < -0.3 is 14.7 Å². The summed E-state index contributed by atoms with van der Waals surface area (Å²) in [6.45, 7) is 0.642. The molecular formula is C22H19NO3. The largest absolute Gasteiger partial charge is 0.507 e. The quantitative estimate of drug-likeness (QED) is 0.831. The van der Waals surface area contributed by atoms with Crippen molar-refractivity contribution in [2.45, 2.75) is 25.7 Å². The molecule has 0 spiro atoms. The molecule has 1 N–H and O–H groups in total.